The van der Waals surface area contributed by atoms with Gasteiger partial charge in [0.15, 0.2) is 6.61 Å². The van der Waals surface area contributed by atoms with Crippen molar-refractivity contribution in [2.75, 3.05) is 20.8 Å². The van der Waals surface area contributed by atoms with Gasteiger partial charge in [-0.3, -0.25) is 4.79 Å². The lowest BCUT2D eigenvalue weighted by Gasteiger charge is -2.20. The number of carbonyl (C=O) groups excluding carboxylic acids is 1. The number of hydrogen-bond acceptors (Lipinski definition) is 4. The van der Waals surface area contributed by atoms with E-state index in [4.69, 9.17) is 14.2 Å². The van der Waals surface area contributed by atoms with Crippen LogP contribution in [0.15, 0.2) is 72.8 Å². The van der Waals surface area contributed by atoms with Gasteiger partial charge >= 0.3 is 0 Å². The molecule has 3 rings (SSSR count). The summed E-state index contributed by atoms with van der Waals surface area (Å²) in [6.07, 6.45) is 0. The minimum absolute atomic E-state index is 0.230. The Balaban J connectivity index is 1.76. The Morgan fingerprint density at radius 3 is 1.90 bits per heavy atom. The fourth-order valence-electron chi connectivity index (χ4n) is 2.86. The van der Waals surface area contributed by atoms with Crippen LogP contribution < -0.4 is 19.5 Å². The smallest absolute Gasteiger partial charge is 0.258 e. The van der Waals surface area contributed by atoms with Crippen LogP contribution in [0.5, 0.6) is 17.2 Å². The minimum atomic E-state index is -0.419. The molecule has 0 aromatic heterocycles. The maximum Gasteiger partial charge on any atom is 0.258 e. The highest BCUT2D eigenvalue weighted by molar-refractivity contribution is 5.78. The van der Waals surface area contributed by atoms with Crippen LogP contribution in [0.4, 0.5) is 4.39 Å². The van der Waals surface area contributed by atoms with Crippen molar-refractivity contribution in [3.8, 4) is 17.2 Å². The second kappa shape index (κ2) is 9.59. The Morgan fingerprint density at radius 2 is 1.41 bits per heavy atom. The lowest BCUT2D eigenvalue weighted by atomic mass is 9.98. The molecular weight excluding hydrogens is 373 g/mol. The van der Waals surface area contributed by atoms with Gasteiger partial charge in [0.1, 0.15) is 23.1 Å². The molecule has 1 amide bonds. The van der Waals surface area contributed by atoms with Gasteiger partial charge in [-0.2, -0.15) is 0 Å². The van der Waals surface area contributed by atoms with Gasteiger partial charge in [-0.25, -0.2) is 4.39 Å². The highest BCUT2D eigenvalue weighted by Crippen LogP contribution is 2.26. The summed E-state index contributed by atoms with van der Waals surface area (Å²) in [5.41, 5.74) is 1.77. The van der Waals surface area contributed by atoms with Gasteiger partial charge in [-0.1, -0.05) is 30.3 Å². The Hall–Kier alpha value is -3.54. The Labute approximate surface area is 169 Å². The van der Waals surface area contributed by atoms with Gasteiger partial charge in [-0.05, 0) is 47.5 Å². The van der Waals surface area contributed by atoms with E-state index in [1.807, 2.05) is 48.5 Å². The summed E-state index contributed by atoms with van der Waals surface area (Å²) in [5.74, 6) is 1.000. The normalized spacial score (nSPS) is 10.5. The van der Waals surface area contributed by atoms with Gasteiger partial charge in [-0.15, -0.1) is 0 Å². The average molecular weight is 395 g/mol. The van der Waals surface area contributed by atoms with Crippen molar-refractivity contribution in [1.29, 1.82) is 0 Å². The molecule has 3 aromatic rings. The number of methoxy groups -OCH3 is 2. The number of amides is 1. The maximum absolute atomic E-state index is 13.3. The van der Waals surface area contributed by atoms with Crippen molar-refractivity contribution < 1.29 is 23.4 Å². The minimum Gasteiger partial charge on any atom is -0.497 e. The Bertz CT molecular complexity index is 894. The van der Waals surface area contributed by atoms with Crippen LogP contribution in [-0.4, -0.2) is 26.7 Å². The van der Waals surface area contributed by atoms with Gasteiger partial charge in [0.2, 0.25) is 0 Å². The van der Waals surface area contributed by atoms with Crippen molar-refractivity contribution in [2.24, 2.45) is 0 Å². The van der Waals surface area contributed by atoms with E-state index in [-0.39, 0.29) is 12.5 Å². The quantitative estimate of drug-likeness (QED) is 0.623. The van der Waals surface area contributed by atoms with E-state index < -0.39 is 11.9 Å². The molecule has 0 aliphatic rings. The zero-order valence-corrected chi connectivity index (χ0v) is 16.2. The summed E-state index contributed by atoms with van der Waals surface area (Å²) in [6, 6.07) is 20.2. The van der Waals surface area contributed by atoms with Crippen molar-refractivity contribution in [3.63, 3.8) is 0 Å². The van der Waals surface area contributed by atoms with Crippen LogP contribution in [0.25, 0.3) is 0 Å². The molecule has 3 aromatic carbocycles. The van der Waals surface area contributed by atoms with E-state index in [9.17, 15) is 9.18 Å². The molecule has 0 unspecified atom stereocenters. The van der Waals surface area contributed by atoms with E-state index >= 15 is 0 Å². The summed E-state index contributed by atoms with van der Waals surface area (Å²) in [6.45, 7) is -0.230. The molecule has 0 radical (unpaired) electrons. The molecule has 0 aliphatic carbocycles. The first-order chi connectivity index (χ1) is 14.1. The van der Waals surface area contributed by atoms with Crippen molar-refractivity contribution >= 4 is 5.91 Å². The molecule has 150 valence electrons. The topological polar surface area (TPSA) is 56.8 Å². The first-order valence-electron chi connectivity index (χ1n) is 9.04. The van der Waals surface area contributed by atoms with E-state index in [0.717, 1.165) is 22.6 Å². The van der Waals surface area contributed by atoms with Gasteiger partial charge in [0.05, 0.1) is 20.3 Å². The number of hydrogen-bond donors (Lipinski definition) is 1. The van der Waals surface area contributed by atoms with Crippen molar-refractivity contribution in [3.05, 3.63) is 89.7 Å². The first-order valence-corrected chi connectivity index (χ1v) is 9.04. The van der Waals surface area contributed by atoms with Gasteiger partial charge < -0.3 is 19.5 Å². The predicted octanol–water partition coefficient (Wildman–Crippen LogP) is 4.13. The lowest BCUT2D eigenvalue weighted by Crippen LogP contribution is -2.33. The third-order valence-electron chi connectivity index (χ3n) is 4.37. The number of carbonyl (C=O) groups is 1. The second-order valence-corrected chi connectivity index (χ2v) is 6.29. The fraction of sp³-hybridized carbons (Fsp3) is 0.174. The third-order valence-corrected chi connectivity index (χ3v) is 4.37. The number of nitrogens with one attached hydrogen (secondary N) is 1. The van der Waals surface area contributed by atoms with Crippen LogP contribution >= 0.6 is 0 Å². The molecule has 0 aliphatic heterocycles. The zero-order valence-electron chi connectivity index (χ0n) is 16.2. The number of benzene rings is 3. The van der Waals surface area contributed by atoms with Crippen LogP contribution in [0.1, 0.15) is 17.2 Å². The monoisotopic (exact) mass is 395 g/mol. The highest BCUT2D eigenvalue weighted by Gasteiger charge is 2.18. The van der Waals surface area contributed by atoms with Crippen LogP contribution in [0.2, 0.25) is 0 Å². The highest BCUT2D eigenvalue weighted by atomic mass is 19.1. The SMILES string of the molecule is COc1ccc(C(NC(=O)COc2cccc(F)c2)c2ccc(OC)cc2)cc1. The molecule has 0 atom stereocenters. The largest absolute Gasteiger partial charge is 0.497 e. The Kier molecular flexibility index (Phi) is 6.68. The first kappa shape index (κ1) is 20.2. The molecule has 0 fully saturated rings. The summed E-state index contributed by atoms with van der Waals surface area (Å²) >= 11 is 0. The molecule has 0 saturated heterocycles. The van der Waals surface area contributed by atoms with E-state index in [1.165, 1.54) is 18.2 Å². The van der Waals surface area contributed by atoms with Crippen molar-refractivity contribution in [2.45, 2.75) is 6.04 Å². The summed E-state index contributed by atoms with van der Waals surface area (Å²) in [5, 5.41) is 2.97. The molecule has 0 saturated carbocycles. The predicted molar refractivity (Wildman–Crippen MR) is 108 cm³/mol. The second-order valence-electron chi connectivity index (χ2n) is 6.29. The fourth-order valence-corrected chi connectivity index (χ4v) is 2.86. The van der Waals surface area contributed by atoms with E-state index in [0.29, 0.717) is 5.75 Å². The molecule has 6 heteroatoms. The third kappa shape index (κ3) is 5.48. The molecule has 5 nitrogen and oxygen atoms in total. The van der Waals surface area contributed by atoms with Crippen LogP contribution in [-0.2, 0) is 4.79 Å². The molecular formula is C23H22FNO4. The van der Waals surface area contributed by atoms with Crippen molar-refractivity contribution in [1.82, 2.24) is 5.32 Å². The van der Waals surface area contributed by atoms with Gasteiger partial charge in [0.25, 0.3) is 5.91 Å². The molecule has 1 N–H and O–H groups in total. The van der Waals surface area contributed by atoms with E-state index in [2.05, 4.69) is 5.32 Å². The molecule has 29 heavy (non-hydrogen) atoms. The number of ether oxygens (including phenoxy) is 3. The average Bonchev–Trinajstić information content (AvgIpc) is 2.76. The van der Waals surface area contributed by atoms with Crippen LogP contribution in [0.3, 0.4) is 0 Å². The number of rotatable bonds is 8. The van der Waals surface area contributed by atoms with Gasteiger partial charge in [0, 0.05) is 6.07 Å². The van der Waals surface area contributed by atoms with E-state index in [1.54, 1.807) is 20.3 Å². The zero-order chi connectivity index (χ0) is 20.6. The maximum atomic E-state index is 13.3. The molecule has 0 heterocycles. The Morgan fingerprint density at radius 1 is 0.862 bits per heavy atom. The number of halogens is 1. The standard InChI is InChI=1S/C23H22FNO4/c1-27-19-10-6-16(7-11-19)23(17-8-12-20(28-2)13-9-17)25-22(26)15-29-21-5-3-4-18(24)14-21/h3-14,23H,15H2,1-2H3,(H,25,26). The molecule has 0 spiro atoms. The lowest BCUT2D eigenvalue weighted by molar-refractivity contribution is -0.123. The van der Waals surface area contributed by atoms with Crippen LogP contribution in [0, 0.1) is 5.82 Å². The summed E-state index contributed by atoms with van der Waals surface area (Å²) in [7, 11) is 3.20. The summed E-state index contributed by atoms with van der Waals surface area (Å²) < 4.78 is 29.1. The molecule has 0 bridgehead atoms. The summed E-state index contributed by atoms with van der Waals surface area (Å²) in [4.78, 5) is 12.5.